The number of halogens is 1. The number of hydrogen-bond donors (Lipinski definition) is 0. The fourth-order valence-corrected chi connectivity index (χ4v) is 1.03. The summed E-state index contributed by atoms with van der Waals surface area (Å²) in [6.07, 6.45) is 3.68. The Balaban J connectivity index is 4.43. The van der Waals surface area contributed by atoms with Crippen molar-refractivity contribution < 1.29 is 9.53 Å². The van der Waals surface area contributed by atoms with Crippen molar-refractivity contribution in [1.29, 1.82) is 0 Å². The van der Waals surface area contributed by atoms with E-state index >= 15 is 0 Å². The number of carbonyl (C=O) groups excluding carboxylic acids is 1. The number of esters is 1. The average molecular weight is 233 g/mol. The van der Waals surface area contributed by atoms with E-state index in [1.165, 1.54) is 7.11 Å². The molecule has 0 aromatic carbocycles. The van der Waals surface area contributed by atoms with Crippen LogP contribution in [0.3, 0.4) is 0 Å². The van der Waals surface area contributed by atoms with Gasteiger partial charge in [0.25, 0.3) is 0 Å². The van der Waals surface area contributed by atoms with Crippen molar-refractivity contribution >= 4 is 21.9 Å². The van der Waals surface area contributed by atoms with Gasteiger partial charge < -0.3 is 4.74 Å². The number of methoxy groups -OCH3 is 1. The fourth-order valence-electron chi connectivity index (χ4n) is 0.703. The van der Waals surface area contributed by atoms with Crippen LogP contribution in [0.1, 0.15) is 19.8 Å². The van der Waals surface area contributed by atoms with Crippen molar-refractivity contribution in [3.05, 3.63) is 22.7 Å². The van der Waals surface area contributed by atoms with E-state index in [-0.39, 0.29) is 5.97 Å². The highest BCUT2D eigenvalue weighted by Crippen LogP contribution is 2.16. The molecule has 0 unspecified atom stereocenters. The third-order valence-electron chi connectivity index (χ3n) is 1.33. The van der Waals surface area contributed by atoms with E-state index in [2.05, 4.69) is 27.2 Å². The summed E-state index contributed by atoms with van der Waals surface area (Å²) in [6.45, 7) is 5.67. The molecule has 12 heavy (non-hydrogen) atoms. The Morgan fingerprint density at radius 2 is 2.25 bits per heavy atom. The van der Waals surface area contributed by atoms with E-state index in [9.17, 15) is 4.79 Å². The Morgan fingerprint density at radius 3 is 2.58 bits per heavy atom. The SMILES string of the molecule is C=C(Br)/C(=C\CCC)C(=O)OC. The molecule has 0 spiro atoms. The zero-order valence-corrected chi connectivity index (χ0v) is 8.98. The van der Waals surface area contributed by atoms with Gasteiger partial charge in [0.15, 0.2) is 0 Å². The maximum Gasteiger partial charge on any atom is 0.338 e. The minimum absolute atomic E-state index is 0.342. The minimum atomic E-state index is -0.342. The van der Waals surface area contributed by atoms with Crippen molar-refractivity contribution in [3.8, 4) is 0 Å². The lowest BCUT2D eigenvalue weighted by Crippen LogP contribution is -2.04. The van der Waals surface area contributed by atoms with Gasteiger partial charge in [-0.3, -0.25) is 0 Å². The van der Waals surface area contributed by atoms with Gasteiger partial charge in [0.1, 0.15) is 0 Å². The van der Waals surface area contributed by atoms with E-state index in [4.69, 9.17) is 0 Å². The Morgan fingerprint density at radius 1 is 1.67 bits per heavy atom. The molecule has 0 aromatic rings. The molecule has 0 heterocycles. The van der Waals surface area contributed by atoms with Crippen LogP contribution in [0.2, 0.25) is 0 Å². The second-order valence-electron chi connectivity index (χ2n) is 2.30. The standard InChI is InChI=1S/C9H13BrO2/c1-4-5-6-8(7(2)10)9(11)12-3/h6H,2,4-5H2,1,3H3/b8-6+. The molecule has 0 fully saturated rings. The number of unbranched alkanes of at least 4 members (excludes halogenated alkanes) is 1. The summed E-state index contributed by atoms with van der Waals surface area (Å²) in [5.41, 5.74) is 0.513. The number of hydrogen-bond acceptors (Lipinski definition) is 2. The van der Waals surface area contributed by atoms with Crippen molar-refractivity contribution in [2.75, 3.05) is 7.11 Å². The smallest absolute Gasteiger partial charge is 0.338 e. The number of carbonyl (C=O) groups is 1. The highest BCUT2D eigenvalue weighted by Gasteiger charge is 2.09. The maximum atomic E-state index is 11.1. The number of ether oxygens (including phenoxy) is 1. The van der Waals surface area contributed by atoms with Gasteiger partial charge in [-0.15, -0.1) is 0 Å². The van der Waals surface area contributed by atoms with Gasteiger partial charge in [-0.05, 0) is 6.42 Å². The molecule has 0 aliphatic heterocycles. The molecule has 0 aliphatic rings. The van der Waals surface area contributed by atoms with Crippen LogP contribution in [-0.4, -0.2) is 13.1 Å². The lowest BCUT2D eigenvalue weighted by molar-refractivity contribution is -0.135. The van der Waals surface area contributed by atoms with Crippen LogP contribution in [0.5, 0.6) is 0 Å². The van der Waals surface area contributed by atoms with E-state index in [0.717, 1.165) is 12.8 Å². The van der Waals surface area contributed by atoms with E-state index in [0.29, 0.717) is 10.1 Å². The zero-order chi connectivity index (χ0) is 9.56. The molecule has 0 aliphatic carbocycles. The molecule has 0 saturated heterocycles. The van der Waals surface area contributed by atoms with Crippen LogP contribution < -0.4 is 0 Å². The first kappa shape index (κ1) is 11.4. The topological polar surface area (TPSA) is 26.3 Å². The second kappa shape index (κ2) is 6.00. The van der Waals surface area contributed by atoms with Crippen LogP contribution >= 0.6 is 15.9 Å². The highest BCUT2D eigenvalue weighted by atomic mass is 79.9. The van der Waals surface area contributed by atoms with Crippen molar-refractivity contribution in [2.45, 2.75) is 19.8 Å². The van der Waals surface area contributed by atoms with Gasteiger partial charge in [0.2, 0.25) is 0 Å². The minimum Gasteiger partial charge on any atom is -0.465 e. The normalized spacial score (nSPS) is 11.1. The molecule has 0 rings (SSSR count). The predicted octanol–water partition coefficient (Wildman–Crippen LogP) is 2.79. The van der Waals surface area contributed by atoms with Crippen LogP contribution in [0.4, 0.5) is 0 Å². The Labute approximate surface area is 81.4 Å². The molecule has 2 nitrogen and oxygen atoms in total. The van der Waals surface area contributed by atoms with Gasteiger partial charge >= 0.3 is 5.97 Å². The van der Waals surface area contributed by atoms with Crippen LogP contribution in [0, 0.1) is 0 Å². The first-order valence-electron chi connectivity index (χ1n) is 3.76. The van der Waals surface area contributed by atoms with Crippen LogP contribution in [0.25, 0.3) is 0 Å². The third kappa shape index (κ3) is 3.72. The van der Waals surface area contributed by atoms with Crippen molar-refractivity contribution in [2.24, 2.45) is 0 Å². The molecule has 0 N–H and O–H groups in total. The van der Waals surface area contributed by atoms with E-state index in [1.54, 1.807) is 0 Å². The summed E-state index contributed by atoms with van der Waals surface area (Å²) < 4.78 is 5.14. The molecule has 0 aromatic heterocycles. The van der Waals surface area contributed by atoms with Crippen LogP contribution in [-0.2, 0) is 9.53 Å². The first-order valence-corrected chi connectivity index (χ1v) is 4.56. The summed E-state index contributed by atoms with van der Waals surface area (Å²) in [7, 11) is 1.36. The molecular formula is C9H13BrO2. The summed E-state index contributed by atoms with van der Waals surface area (Å²) in [5, 5.41) is 0. The molecule has 3 heteroatoms. The second-order valence-corrected chi connectivity index (χ2v) is 3.26. The average Bonchev–Trinajstić information content (AvgIpc) is 2.04. The Hall–Kier alpha value is -0.570. The lowest BCUT2D eigenvalue weighted by Gasteiger charge is -2.02. The predicted molar refractivity (Wildman–Crippen MR) is 53.1 cm³/mol. The zero-order valence-electron chi connectivity index (χ0n) is 7.39. The molecule has 68 valence electrons. The highest BCUT2D eigenvalue weighted by molar-refractivity contribution is 9.12. The Bertz CT molecular complexity index is 207. The molecule has 0 saturated carbocycles. The fraction of sp³-hybridized carbons (Fsp3) is 0.444. The Kier molecular flexibility index (Phi) is 5.72. The summed E-state index contributed by atoms with van der Waals surface area (Å²) >= 11 is 3.15. The maximum absolute atomic E-state index is 11.1. The van der Waals surface area contributed by atoms with Crippen LogP contribution in [0.15, 0.2) is 22.7 Å². The monoisotopic (exact) mass is 232 g/mol. The molecule has 0 atom stereocenters. The van der Waals surface area contributed by atoms with E-state index < -0.39 is 0 Å². The van der Waals surface area contributed by atoms with Crippen molar-refractivity contribution in [3.63, 3.8) is 0 Å². The first-order chi connectivity index (χ1) is 5.63. The lowest BCUT2D eigenvalue weighted by atomic mass is 10.2. The third-order valence-corrected chi connectivity index (χ3v) is 1.76. The van der Waals surface area contributed by atoms with Crippen molar-refractivity contribution in [1.82, 2.24) is 0 Å². The summed E-state index contributed by atoms with van der Waals surface area (Å²) in [6, 6.07) is 0. The molecule has 0 bridgehead atoms. The largest absolute Gasteiger partial charge is 0.465 e. The number of rotatable bonds is 4. The van der Waals surface area contributed by atoms with Gasteiger partial charge in [0, 0.05) is 4.48 Å². The molecule has 0 radical (unpaired) electrons. The summed E-state index contributed by atoms with van der Waals surface area (Å²) in [4.78, 5) is 11.1. The molecular weight excluding hydrogens is 220 g/mol. The summed E-state index contributed by atoms with van der Waals surface area (Å²) in [5.74, 6) is -0.342. The number of allylic oxidation sites excluding steroid dienone is 1. The van der Waals surface area contributed by atoms with Gasteiger partial charge in [-0.2, -0.15) is 0 Å². The van der Waals surface area contributed by atoms with E-state index in [1.807, 2.05) is 13.0 Å². The van der Waals surface area contributed by atoms with Gasteiger partial charge in [-0.25, -0.2) is 4.79 Å². The quantitative estimate of drug-likeness (QED) is 0.424. The molecule has 0 amide bonds. The van der Waals surface area contributed by atoms with Gasteiger partial charge in [0.05, 0.1) is 12.7 Å². The van der Waals surface area contributed by atoms with Gasteiger partial charge in [-0.1, -0.05) is 41.9 Å².